The van der Waals surface area contributed by atoms with E-state index in [-0.39, 0.29) is 15.3 Å². The van der Waals surface area contributed by atoms with Crippen LogP contribution in [0.1, 0.15) is 27.9 Å². The van der Waals surface area contributed by atoms with Crippen LogP contribution in [0.15, 0.2) is 24.3 Å². The van der Waals surface area contributed by atoms with E-state index < -0.39 is 35.9 Å². The third kappa shape index (κ3) is 3.45. The molecule has 0 saturated carbocycles. The van der Waals surface area contributed by atoms with Crippen LogP contribution in [0.25, 0.3) is 10.2 Å². The summed E-state index contributed by atoms with van der Waals surface area (Å²) in [6.45, 7) is -0.572. The van der Waals surface area contributed by atoms with E-state index in [4.69, 9.17) is 4.74 Å². The van der Waals surface area contributed by atoms with Gasteiger partial charge in [0.1, 0.15) is 5.52 Å². The first-order chi connectivity index (χ1) is 13.4. The monoisotopic (exact) mass is 406 g/mol. The SMILES string of the molecule is O=C(COC(=O)c1ccc2c(c1)CCC2)Nc1nc2c(F)c(F)c(F)cc2s1. The fourth-order valence-electron chi connectivity index (χ4n) is 3.10. The Morgan fingerprint density at radius 2 is 1.89 bits per heavy atom. The molecule has 1 N–H and O–H groups in total. The molecule has 0 aliphatic heterocycles. The van der Waals surface area contributed by atoms with E-state index in [1.54, 1.807) is 12.1 Å². The summed E-state index contributed by atoms with van der Waals surface area (Å²) in [6.07, 6.45) is 2.95. The van der Waals surface area contributed by atoms with Crippen molar-refractivity contribution in [2.45, 2.75) is 19.3 Å². The number of fused-ring (bicyclic) bond motifs is 2. The number of anilines is 1. The Labute approximate surface area is 161 Å². The van der Waals surface area contributed by atoms with Gasteiger partial charge in [0.05, 0.1) is 10.3 Å². The van der Waals surface area contributed by atoms with Crippen LogP contribution in [0.5, 0.6) is 0 Å². The number of esters is 1. The summed E-state index contributed by atoms with van der Waals surface area (Å²) in [7, 11) is 0. The normalized spacial score (nSPS) is 12.8. The maximum absolute atomic E-state index is 13.7. The molecule has 1 heterocycles. The van der Waals surface area contributed by atoms with Crippen molar-refractivity contribution in [1.82, 2.24) is 4.98 Å². The molecule has 9 heteroatoms. The van der Waals surface area contributed by atoms with E-state index in [1.807, 2.05) is 6.07 Å². The molecule has 28 heavy (non-hydrogen) atoms. The van der Waals surface area contributed by atoms with E-state index in [1.165, 1.54) is 5.56 Å². The number of nitrogens with zero attached hydrogens (tertiary/aromatic N) is 1. The van der Waals surface area contributed by atoms with Crippen molar-refractivity contribution in [3.8, 4) is 0 Å². The Hall–Kier alpha value is -2.94. The average Bonchev–Trinajstić information content (AvgIpc) is 3.30. The van der Waals surface area contributed by atoms with E-state index in [2.05, 4.69) is 10.3 Å². The Balaban J connectivity index is 1.40. The molecule has 1 amide bonds. The molecule has 0 fully saturated rings. The number of benzene rings is 2. The van der Waals surface area contributed by atoms with Crippen LogP contribution < -0.4 is 5.32 Å². The van der Waals surface area contributed by atoms with Gasteiger partial charge < -0.3 is 4.74 Å². The number of rotatable bonds is 4. The van der Waals surface area contributed by atoms with Crippen molar-refractivity contribution in [2.75, 3.05) is 11.9 Å². The van der Waals surface area contributed by atoms with Gasteiger partial charge in [0.15, 0.2) is 29.2 Å². The topological polar surface area (TPSA) is 68.3 Å². The standard InChI is InChI=1S/C19H13F3N2O3S/c20-12-7-13-17(16(22)15(12)21)24-19(28-13)23-14(25)8-27-18(26)11-5-4-9-2-1-3-10(9)6-11/h4-7H,1-3,8H2,(H,23,24,25). The number of aromatic nitrogens is 1. The Morgan fingerprint density at radius 1 is 1.11 bits per heavy atom. The van der Waals surface area contributed by atoms with Gasteiger partial charge in [-0.15, -0.1) is 0 Å². The van der Waals surface area contributed by atoms with Crippen LogP contribution >= 0.6 is 11.3 Å². The van der Waals surface area contributed by atoms with Crippen LogP contribution in [0.3, 0.4) is 0 Å². The lowest BCUT2D eigenvalue weighted by atomic mass is 10.1. The zero-order valence-corrected chi connectivity index (χ0v) is 15.2. The molecule has 0 atom stereocenters. The lowest BCUT2D eigenvalue weighted by Crippen LogP contribution is -2.20. The van der Waals surface area contributed by atoms with Crippen LogP contribution in [-0.4, -0.2) is 23.5 Å². The van der Waals surface area contributed by atoms with Crippen LogP contribution in [0.4, 0.5) is 18.3 Å². The van der Waals surface area contributed by atoms with Crippen molar-refractivity contribution in [1.29, 1.82) is 0 Å². The number of hydrogen-bond acceptors (Lipinski definition) is 5. The summed E-state index contributed by atoms with van der Waals surface area (Å²) in [6, 6.07) is 6.10. The summed E-state index contributed by atoms with van der Waals surface area (Å²) >= 11 is 0.777. The molecule has 5 nitrogen and oxygen atoms in total. The lowest BCUT2D eigenvalue weighted by Gasteiger charge is -2.06. The van der Waals surface area contributed by atoms with E-state index in [0.29, 0.717) is 5.56 Å². The number of carbonyl (C=O) groups is 2. The van der Waals surface area contributed by atoms with Crippen LogP contribution in [-0.2, 0) is 22.4 Å². The number of carbonyl (C=O) groups excluding carboxylic acids is 2. The van der Waals surface area contributed by atoms with Gasteiger partial charge in [-0.2, -0.15) is 0 Å². The first-order valence-corrected chi connectivity index (χ1v) is 9.27. The van der Waals surface area contributed by atoms with E-state index in [9.17, 15) is 22.8 Å². The number of thiazole rings is 1. The molecule has 0 unspecified atom stereocenters. The second-order valence-corrected chi connectivity index (χ2v) is 7.34. The van der Waals surface area contributed by atoms with Crippen molar-refractivity contribution in [3.05, 3.63) is 58.4 Å². The molecule has 0 spiro atoms. The maximum atomic E-state index is 13.7. The summed E-state index contributed by atoms with van der Waals surface area (Å²) < 4.78 is 45.2. The zero-order chi connectivity index (χ0) is 19.8. The predicted octanol–water partition coefficient (Wildman–Crippen LogP) is 4.00. The Kier molecular flexibility index (Phi) is 4.76. The second-order valence-electron chi connectivity index (χ2n) is 6.31. The number of nitrogens with one attached hydrogen (secondary N) is 1. The number of halogens is 3. The predicted molar refractivity (Wildman–Crippen MR) is 96.9 cm³/mol. The highest BCUT2D eigenvalue weighted by molar-refractivity contribution is 7.22. The van der Waals surface area contributed by atoms with E-state index in [0.717, 1.165) is 42.2 Å². The van der Waals surface area contributed by atoms with Gasteiger partial charge >= 0.3 is 5.97 Å². The van der Waals surface area contributed by atoms with Crippen LogP contribution in [0, 0.1) is 17.5 Å². The fourth-order valence-corrected chi connectivity index (χ4v) is 4.00. The number of amides is 1. The smallest absolute Gasteiger partial charge is 0.338 e. The van der Waals surface area contributed by atoms with Crippen LogP contribution in [0.2, 0.25) is 0 Å². The summed E-state index contributed by atoms with van der Waals surface area (Å²) in [4.78, 5) is 27.8. The first-order valence-electron chi connectivity index (χ1n) is 8.45. The fraction of sp³-hybridized carbons (Fsp3) is 0.211. The molecule has 1 aliphatic carbocycles. The van der Waals surface area contributed by atoms with Gasteiger partial charge in [-0.1, -0.05) is 17.4 Å². The highest BCUT2D eigenvalue weighted by Crippen LogP contribution is 2.30. The first kappa shape index (κ1) is 18.4. The third-order valence-corrected chi connectivity index (χ3v) is 5.35. The van der Waals surface area contributed by atoms with Gasteiger partial charge in [-0.05, 0) is 48.6 Å². The Bertz CT molecular complexity index is 1110. The van der Waals surface area contributed by atoms with Gasteiger partial charge in [0.2, 0.25) is 0 Å². The van der Waals surface area contributed by atoms with Gasteiger partial charge in [0, 0.05) is 0 Å². The molecule has 4 rings (SSSR count). The molecule has 0 bridgehead atoms. The highest BCUT2D eigenvalue weighted by Gasteiger charge is 2.19. The quantitative estimate of drug-likeness (QED) is 0.525. The average molecular weight is 406 g/mol. The minimum Gasteiger partial charge on any atom is -0.452 e. The molecule has 1 aromatic heterocycles. The number of aryl methyl sites for hydroxylation is 2. The van der Waals surface area contributed by atoms with Gasteiger partial charge in [-0.25, -0.2) is 22.9 Å². The number of ether oxygens (including phenoxy) is 1. The molecule has 0 radical (unpaired) electrons. The summed E-state index contributed by atoms with van der Waals surface area (Å²) in [5, 5.41) is 2.27. The van der Waals surface area contributed by atoms with Gasteiger partial charge in [-0.3, -0.25) is 10.1 Å². The molecule has 2 aromatic carbocycles. The minimum atomic E-state index is -1.63. The van der Waals surface area contributed by atoms with Crippen molar-refractivity contribution in [2.24, 2.45) is 0 Å². The van der Waals surface area contributed by atoms with Crippen molar-refractivity contribution >= 4 is 38.6 Å². The highest BCUT2D eigenvalue weighted by atomic mass is 32.1. The molecule has 1 aliphatic rings. The second kappa shape index (κ2) is 7.23. The third-order valence-electron chi connectivity index (χ3n) is 4.44. The summed E-state index contributed by atoms with van der Waals surface area (Å²) in [5.74, 6) is -5.72. The Morgan fingerprint density at radius 3 is 2.71 bits per heavy atom. The molecule has 0 saturated heterocycles. The number of hydrogen-bond donors (Lipinski definition) is 1. The van der Waals surface area contributed by atoms with E-state index >= 15 is 0 Å². The zero-order valence-electron chi connectivity index (χ0n) is 14.4. The lowest BCUT2D eigenvalue weighted by molar-refractivity contribution is -0.119. The van der Waals surface area contributed by atoms with Gasteiger partial charge in [0.25, 0.3) is 5.91 Å². The molecule has 3 aromatic rings. The molecular formula is C19H13F3N2O3S. The molecular weight excluding hydrogens is 393 g/mol. The summed E-state index contributed by atoms with van der Waals surface area (Å²) in [5.41, 5.74) is 2.30. The van der Waals surface area contributed by atoms with Crippen molar-refractivity contribution < 1.29 is 27.5 Å². The molecule has 144 valence electrons. The van der Waals surface area contributed by atoms with Crippen molar-refractivity contribution in [3.63, 3.8) is 0 Å². The largest absolute Gasteiger partial charge is 0.452 e. The maximum Gasteiger partial charge on any atom is 0.338 e. The minimum absolute atomic E-state index is 0.0434.